The maximum absolute atomic E-state index is 12.8. The van der Waals surface area contributed by atoms with Gasteiger partial charge >= 0.3 is 17.9 Å². The molecule has 0 aromatic heterocycles. The molecule has 0 aromatic carbocycles. The second-order valence-electron chi connectivity index (χ2n) is 18.1. The first kappa shape index (κ1) is 67.0. The molecule has 0 amide bonds. The molecule has 0 rings (SSSR count). The van der Waals surface area contributed by atoms with Gasteiger partial charge in [0.2, 0.25) is 0 Å². The van der Waals surface area contributed by atoms with Gasteiger partial charge in [-0.25, -0.2) is 0 Å². The summed E-state index contributed by atoms with van der Waals surface area (Å²) in [4.78, 5) is 38.1. The fourth-order valence-electron chi connectivity index (χ4n) is 7.05. The van der Waals surface area contributed by atoms with Gasteiger partial charge in [0.05, 0.1) is 0 Å². The van der Waals surface area contributed by atoms with Crippen molar-refractivity contribution in [2.75, 3.05) is 13.2 Å². The lowest BCUT2D eigenvalue weighted by atomic mass is 10.1. The van der Waals surface area contributed by atoms with E-state index in [-0.39, 0.29) is 31.6 Å². The number of carbonyl (C=O) groups excluding carboxylic acids is 3. The van der Waals surface area contributed by atoms with E-state index in [9.17, 15) is 14.4 Å². The van der Waals surface area contributed by atoms with Crippen LogP contribution in [-0.2, 0) is 28.6 Å². The third-order valence-electron chi connectivity index (χ3n) is 11.3. The Morgan fingerprint density at radius 3 is 0.917 bits per heavy atom. The van der Waals surface area contributed by atoms with Crippen LogP contribution in [0.2, 0.25) is 0 Å². The van der Waals surface area contributed by atoms with E-state index < -0.39 is 12.1 Å². The van der Waals surface area contributed by atoms with Crippen LogP contribution in [0.15, 0.2) is 158 Å². The Kier molecular flexibility index (Phi) is 54.6. The van der Waals surface area contributed by atoms with Crippen LogP contribution in [0.5, 0.6) is 0 Å². The summed E-state index contributed by atoms with van der Waals surface area (Å²) in [7, 11) is 0. The fourth-order valence-corrected chi connectivity index (χ4v) is 7.05. The molecule has 0 N–H and O–H groups in total. The van der Waals surface area contributed by atoms with E-state index in [1.54, 1.807) is 0 Å². The van der Waals surface area contributed by atoms with Crippen LogP contribution < -0.4 is 0 Å². The highest BCUT2D eigenvalue weighted by Crippen LogP contribution is 2.12. The molecular weight excluding hydrogens is 889 g/mol. The van der Waals surface area contributed by atoms with Crippen molar-refractivity contribution in [1.82, 2.24) is 0 Å². The van der Waals surface area contributed by atoms with E-state index in [2.05, 4.69) is 167 Å². The van der Waals surface area contributed by atoms with Gasteiger partial charge in [-0.05, 0) is 135 Å². The molecule has 0 spiro atoms. The minimum Gasteiger partial charge on any atom is -0.462 e. The molecule has 0 heterocycles. The quantitative estimate of drug-likeness (QED) is 0.0262. The van der Waals surface area contributed by atoms with Gasteiger partial charge in [0.25, 0.3) is 0 Å². The first-order valence-corrected chi connectivity index (χ1v) is 28.5. The van der Waals surface area contributed by atoms with Gasteiger partial charge in [0.1, 0.15) is 13.2 Å². The number of rotatable bonds is 49. The smallest absolute Gasteiger partial charge is 0.306 e. The van der Waals surface area contributed by atoms with E-state index in [0.717, 1.165) is 141 Å². The molecule has 0 radical (unpaired) electrons. The highest BCUT2D eigenvalue weighted by molar-refractivity contribution is 5.71. The zero-order valence-electron chi connectivity index (χ0n) is 45.9. The molecule has 1 unspecified atom stereocenters. The zero-order chi connectivity index (χ0) is 52.2. The molecule has 72 heavy (non-hydrogen) atoms. The molecule has 0 aromatic rings. The van der Waals surface area contributed by atoms with Crippen molar-refractivity contribution in [2.45, 2.75) is 226 Å². The van der Waals surface area contributed by atoms with Crippen LogP contribution in [0.25, 0.3) is 0 Å². The molecule has 0 aliphatic heterocycles. The number of hydrogen-bond donors (Lipinski definition) is 0. The third-order valence-corrected chi connectivity index (χ3v) is 11.3. The summed E-state index contributed by atoms with van der Waals surface area (Å²) < 4.78 is 16.7. The molecule has 402 valence electrons. The number of ether oxygens (including phenoxy) is 3. The number of unbranched alkanes of at least 4 members (excludes halogenated alkanes) is 12. The normalized spacial score (nSPS) is 13.3. The summed E-state index contributed by atoms with van der Waals surface area (Å²) >= 11 is 0. The first-order valence-electron chi connectivity index (χ1n) is 28.5. The lowest BCUT2D eigenvalue weighted by molar-refractivity contribution is -0.166. The summed E-state index contributed by atoms with van der Waals surface area (Å²) in [5.41, 5.74) is 0. The highest BCUT2D eigenvalue weighted by atomic mass is 16.6. The number of hydrogen-bond acceptors (Lipinski definition) is 6. The lowest BCUT2D eigenvalue weighted by Gasteiger charge is -2.18. The van der Waals surface area contributed by atoms with Gasteiger partial charge in [-0.3, -0.25) is 14.4 Å². The van der Waals surface area contributed by atoms with Gasteiger partial charge in [-0.15, -0.1) is 0 Å². The molecule has 0 fully saturated rings. The lowest BCUT2D eigenvalue weighted by Crippen LogP contribution is -2.30. The number of esters is 3. The Bertz CT molecular complexity index is 1660. The van der Waals surface area contributed by atoms with Crippen molar-refractivity contribution in [3.05, 3.63) is 158 Å². The second-order valence-corrected chi connectivity index (χ2v) is 18.1. The van der Waals surface area contributed by atoms with E-state index in [1.807, 2.05) is 12.2 Å². The Morgan fingerprint density at radius 1 is 0.292 bits per heavy atom. The SMILES string of the molecule is CC/C=C\C/C=C\C/C=C\C/C=C\C/C=C\C/C=C\CCCCCCC(=O)OCC(COC(=O)CCCCCCC/C=C\CCCCC)OC(=O)CC/C=C\C/C=C\C/C=C\C/C=C\C/C=C\C/C=C\CC. The van der Waals surface area contributed by atoms with Gasteiger partial charge in [-0.1, -0.05) is 224 Å². The van der Waals surface area contributed by atoms with Gasteiger partial charge in [0.15, 0.2) is 6.10 Å². The van der Waals surface area contributed by atoms with E-state index in [1.165, 1.54) is 32.1 Å². The molecule has 0 saturated carbocycles. The molecule has 1 atom stereocenters. The predicted octanol–water partition coefficient (Wildman–Crippen LogP) is 19.4. The number of allylic oxidation sites excluding steroid dienone is 26. The van der Waals surface area contributed by atoms with Crippen LogP contribution in [0.1, 0.15) is 220 Å². The van der Waals surface area contributed by atoms with Crippen molar-refractivity contribution in [1.29, 1.82) is 0 Å². The summed E-state index contributed by atoms with van der Waals surface area (Å²) in [6, 6.07) is 0. The van der Waals surface area contributed by atoms with Crippen molar-refractivity contribution in [2.24, 2.45) is 0 Å². The minimum atomic E-state index is -0.841. The van der Waals surface area contributed by atoms with Gasteiger partial charge in [0, 0.05) is 19.3 Å². The average Bonchev–Trinajstić information content (AvgIpc) is 3.38. The maximum atomic E-state index is 12.8. The van der Waals surface area contributed by atoms with Crippen LogP contribution in [-0.4, -0.2) is 37.2 Å². The van der Waals surface area contributed by atoms with E-state index in [4.69, 9.17) is 14.2 Å². The Hall–Kier alpha value is -4.97. The monoisotopic (exact) mass is 991 g/mol. The van der Waals surface area contributed by atoms with Crippen molar-refractivity contribution < 1.29 is 28.6 Å². The Balaban J connectivity index is 4.55. The summed E-state index contributed by atoms with van der Waals surface area (Å²) in [5, 5.41) is 0. The third kappa shape index (κ3) is 56.0. The molecule has 0 aliphatic carbocycles. The molecule has 0 bridgehead atoms. The van der Waals surface area contributed by atoms with Crippen LogP contribution in [0.4, 0.5) is 0 Å². The minimum absolute atomic E-state index is 0.128. The Morgan fingerprint density at radius 2 is 0.569 bits per heavy atom. The van der Waals surface area contributed by atoms with Crippen LogP contribution in [0.3, 0.4) is 0 Å². The van der Waals surface area contributed by atoms with E-state index >= 15 is 0 Å². The number of carbonyl (C=O) groups is 3. The maximum Gasteiger partial charge on any atom is 0.306 e. The van der Waals surface area contributed by atoms with E-state index in [0.29, 0.717) is 19.3 Å². The Labute approximate surface area is 441 Å². The standard InChI is InChI=1S/C66H102O6/c1-4-7-10-13-16-19-22-25-27-29-31-32-33-34-36-37-39-41-44-47-50-53-56-59-65(68)71-62-63(61-70-64(67)58-55-52-49-46-43-24-21-18-15-12-9-6-3)72-66(69)60-57-54-51-48-45-42-40-38-35-30-28-26-23-20-17-14-11-8-5-2/h7-8,10-11,16-21,25-28,31-32,34-36,38-39,41-42,45,51,54,63H,4-6,9,12-15,22-24,29-30,33,37,40,43-44,46-50,52-53,55-62H2,1-3H3/b10-7-,11-8-,19-16-,20-17-,21-18-,27-25-,28-26-,32-31-,36-34-,38-35-,41-39-,45-42-,54-51-. The first-order chi connectivity index (χ1) is 35.5. The second kappa shape index (κ2) is 58.6. The summed E-state index contributed by atoms with van der Waals surface area (Å²) in [6.07, 6.45) is 85.3. The molecule has 0 aliphatic rings. The molecule has 6 heteroatoms. The highest BCUT2D eigenvalue weighted by Gasteiger charge is 2.19. The fraction of sp³-hybridized carbons (Fsp3) is 0.561. The van der Waals surface area contributed by atoms with Crippen LogP contribution in [0, 0.1) is 0 Å². The van der Waals surface area contributed by atoms with Crippen LogP contribution >= 0.6 is 0 Å². The topological polar surface area (TPSA) is 78.9 Å². The predicted molar refractivity (Wildman–Crippen MR) is 311 cm³/mol. The summed E-state index contributed by atoms with van der Waals surface area (Å²) in [6.45, 7) is 6.27. The molecule has 0 saturated heterocycles. The average molecular weight is 992 g/mol. The van der Waals surface area contributed by atoms with Crippen molar-refractivity contribution >= 4 is 17.9 Å². The van der Waals surface area contributed by atoms with Crippen molar-refractivity contribution in [3.8, 4) is 0 Å². The largest absolute Gasteiger partial charge is 0.462 e. The van der Waals surface area contributed by atoms with Crippen molar-refractivity contribution in [3.63, 3.8) is 0 Å². The molecule has 6 nitrogen and oxygen atoms in total. The van der Waals surface area contributed by atoms with Gasteiger partial charge in [-0.2, -0.15) is 0 Å². The van der Waals surface area contributed by atoms with Gasteiger partial charge < -0.3 is 14.2 Å². The summed E-state index contributed by atoms with van der Waals surface area (Å²) in [5.74, 6) is -1.06. The molecular formula is C66H102O6. The zero-order valence-corrected chi connectivity index (χ0v) is 45.9.